The van der Waals surface area contributed by atoms with Crippen LogP contribution < -0.4 is 0 Å². The molecule has 0 heterocycles. The quantitative estimate of drug-likeness (QED) is 0.782. The fourth-order valence-electron chi connectivity index (χ4n) is 1.43. The van der Waals surface area contributed by atoms with E-state index in [1.54, 1.807) is 12.1 Å². The highest BCUT2D eigenvalue weighted by Crippen LogP contribution is 2.33. The molecule has 82 valence electrons. The first-order chi connectivity index (χ1) is 7.59. The summed E-state index contributed by atoms with van der Waals surface area (Å²) in [6.07, 6.45) is 0. The highest BCUT2D eigenvalue weighted by molar-refractivity contribution is 9.10. The van der Waals surface area contributed by atoms with Crippen LogP contribution in [0.4, 0.5) is 8.78 Å². The Balaban J connectivity index is 2.65. The number of para-hydroxylation sites is 1. The SMILES string of the molecule is Oc1ccccc1-c1cc(F)c(Br)cc1F. The Labute approximate surface area is 99.5 Å². The van der Waals surface area contributed by atoms with Crippen LogP contribution in [0.3, 0.4) is 0 Å². The molecule has 0 aliphatic carbocycles. The standard InChI is InChI=1S/C12H7BrF2O/c13-9-6-10(14)8(5-11(9)15)7-3-1-2-4-12(7)16/h1-6,16H. The number of halogens is 3. The summed E-state index contributed by atoms with van der Waals surface area (Å²) in [6.45, 7) is 0. The number of hydrogen-bond acceptors (Lipinski definition) is 1. The van der Waals surface area contributed by atoms with Gasteiger partial charge in [-0.25, -0.2) is 8.78 Å². The van der Waals surface area contributed by atoms with Gasteiger partial charge in [0.2, 0.25) is 0 Å². The zero-order valence-electron chi connectivity index (χ0n) is 8.05. The lowest BCUT2D eigenvalue weighted by Crippen LogP contribution is -1.88. The van der Waals surface area contributed by atoms with Crippen LogP contribution in [0.2, 0.25) is 0 Å². The van der Waals surface area contributed by atoms with Crippen molar-refractivity contribution in [1.29, 1.82) is 0 Å². The van der Waals surface area contributed by atoms with E-state index in [1.807, 2.05) is 0 Å². The molecule has 0 spiro atoms. The molecule has 0 atom stereocenters. The van der Waals surface area contributed by atoms with E-state index < -0.39 is 11.6 Å². The molecule has 0 fully saturated rings. The molecule has 2 aromatic rings. The van der Waals surface area contributed by atoms with E-state index in [0.29, 0.717) is 0 Å². The van der Waals surface area contributed by atoms with E-state index in [4.69, 9.17) is 0 Å². The molecule has 0 aliphatic heterocycles. The van der Waals surface area contributed by atoms with Crippen molar-refractivity contribution in [1.82, 2.24) is 0 Å². The zero-order chi connectivity index (χ0) is 11.7. The number of phenolic OH excluding ortho intramolecular Hbond substituents is 1. The van der Waals surface area contributed by atoms with E-state index in [2.05, 4.69) is 15.9 Å². The summed E-state index contributed by atoms with van der Waals surface area (Å²) in [5.41, 5.74) is 0.310. The van der Waals surface area contributed by atoms with Gasteiger partial charge in [0.25, 0.3) is 0 Å². The average Bonchev–Trinajstić information content (AvgIpc) is 2.25. The Morgan fingerprint density at radius 2 is 1.62 bits per heavy atom. The molecule has 0 aromatic heterocycles. The van der Waals surface area contributed by atoms with Gasteiger partial charge in [-0.3, -0.25) is 0 Å². The Hall–Kier alpha value is -1.42. The van der Waals surface area contributed by atoms with Crippen molar-refractivity contribution in [2.75, 3.05) is 0 Å². The number of phenols is 1. The number of hydrogen-bond donors (Lipinski definition) is 1. The van der Waals surface area contributed by atoms with E-state index in [9.17, 15) is 13.9 Å². The van der Waals surface area contributed by atoms with Gasteiger partial charge in [0.05, 0.1) is 4.47 Å². The van der Waals surface area contributed by atoms with Gasteiger partial charge in [-0.2, -0.15) is 0 Å². The maximum absolute atomic E-state index is 13.6. The third kappa shape index (κ3) is 1.93. The fourth-order valence-corrected chi connectivity index (χ4v) is 1.75. The second-order valence-corrected chi connectivity index (χ2v) is 4.12. The van der Waals surface area contributed by atoms with Crippen molar-refractivity contribution in [2.45, 2.75) is 0 Å². The first-order valence-electron chi connectivity index (χ1n) is 4.52. The molecule has 16 heavy (non-hydrogen) atoms. The first kappa shape index (κ1) is 11.1. The van der Waals surface area contributed by atoms with Crippen molar-refractivity contribution in [3.05, 3.63) is 52.5 Å². The molecule has 4 heteroatoms. The number of benzene rings is 2. The maximum Gasteiger partial charge on any atom is 0.138 e. The molecule has 0 amide bonds. The highest BCUT2D eigenvalue weighted by Gasteiger charge is 2.12. The van der Waals surface area contributed by atoms with Gasteiger partial charge in [0, 0.05) is 11.1 Å². The Bertz CT molecular complexity index is 541. The van der Waals surface area contributed by atoms with Crippen LogP contribution in [0.25, 0.3) is 11.1 Å². The normalized spacial score (nSPS) is 10.4. The van der Waals surface area contributed by atoms with Crippen molar-refractivity contribution in [3.8, 4) is 16.9 Å². The predicted molar refractivity (Wildman–Crippen MR) is 61.2 cm³/mol. The smallest absolute Gasteiger partial charge is 0.138 e. The largest absolute Gasteiger partial charge is 0.507 e. The molecule has 0 unspecified atom stereocenters. The molecule has 2 aromatic carbocycles. The lowest BCUT2D eigenvalue weighted by molar-refractivity contribution is 0.476. The molecule has 1 nitrogen and oxygen atoms in total. The zero-order valence-corrected chi connectivity index (χ0v) is 9.63. The van der Waals surface area contributed by atoms with Crippen molar-refractivity contribution >= 4 is 15.9 Å². The molecule has 1 N–H and O–H groups in total. The molecular weight excluding hydrogens is 278 g/mol. The monoisotopic (exact) mass is 284 g/mol. The topological polar surface area (TPSA) is 20.2 Å². The summed E-state index contributed by atoms with van der Waals surface area (Å²) in [5, 5.41) is 9.55. The first-order valence-corrected chi connectivity index (χ1v) is 5.32. The Morgan fingerprint density at radius 1 is 0.938 bits per heavy atom. The summed E-state index contributed by atoms with van der Waals surface area (Å²) >= 11 is 2.89. The lowest BCUT2D eigenvalue weighted by atomic mass is 10.0. The molecule has 2 rings (SSSR count). The predicted octanol–water partition coefficient (Wildman–Crippen LogP) is 4.10. The number of rotatable bonds is 1. The number of aromatic hydroxyl groups is 1. The molecular formula is C12H7BrF2O. The van der Waals surface area contributed by atoms with Crippen molar-refractivity contribution < 1.29 is 13.9 Å². The van der Waals surface area contributed by atoms with E-state index in [-0.39, 0.29) is 21.3 Å². The molecule has 0 aliphatic rings. The van der Waals surface area contributed by atoms with Gasteiger partial charge in [0.15, 0.2) is 0 Å². The van der Waals surface area contributed by atoms with Gasteiger partial charge in [-0.1, -0.05) is 18.2 Å². The average molecular weight is 285 g/mol. The minimum Gasteiger partial charge on any atom is -0.507 e. The third-order valence-corrected chi connectivity index (χ3v) is 2.81. The second kappa shape index (κ2) is 4.22. The third-order valence-electron chi connectivity index (χ3n) is 2.20. The Morgan fingerprint density at radius 3 is 2.31 bits per heavy atom. The van der Waals surface area contributed by atoms with Crippen LogP contribution in [0.5, 0.6) is 5.75 Å². The van der Waals surface area contributed by atoms with Gasteiger partial charge in [-0.05, 0) is 34.1 Å². The van der Waals surface area contributed by atoms with Gasteiger partial charge >= 0.3 is 0 Å². The van der Waals surface area contributed by atoms with Crippen LogP contribution in [0, 0.1) is 11.6 Å². The summed E-state index contributed by atoms with van der Waals surface area (Å²) in [4.78, 5) is 0. The van der Waals surface area contributed by atoms with Crippen molar-refractivity contribution in [3.63, 3.8) is 0 Å². The lowest BCUT2D eigenvalue weighted by Gasteiger charge is -2.06. The summed E-state index contributed by atoms with van der Waals surface area (Å²) < 4.78 is 26.9. The minimum absolute atomic E-state index is 0.0406. The molecule has 0 radical (unpaired) electrons. The van der Waals surface area contributed by atoms with E-state index in [0.717, 1.165) is 12.1 Å². The maximum atomic E-state index is 13.6. The van der Waals surface area contributed by atoms with E-state index in [1.165, 1.54) is 12.1 Å². The molecule has 0 bridgehead atoms. The molecule has 0 saturated heterocycles. The van der Waals surface area contributed by atoms with Crippen LogP contribution >= 0.6 is 15.9 Å². The van der Waals surface area contributed by atoms with Crippen molar-refractivity contribution in [2.24, 2.45) is 0 Å². The molecule has 0 saturated carbocycles. The van der Waals surface area contributed by atoms with Crippen LogP contribution in [0.15, 0.2) is 40.9 Å². The van der Waals surface area contributed by atoms with Gasteiger partial charge in [-0.15, -0.1) is 0 Å². The van der Waals surface area contributed by atoms with Gasteiger partial charge < -0.3 is 5.11 Å². The summed E-state index contributed by atoms with van der Waals surface area (Å²) in [5.74, 6) is -1.24. The van der Waals surface area contributed by atoms with Crippen LogP contribution in [0.1, 0.15) is 0 Å². The summed E-state index contributed by atoms with van der Waals surface area (Å²) in [7, 11) is 0. The van der Waals surface area contributed by atoms with Crippen LogP contribution in [-0.2, 0) is 0 Å². The fraction of sp³-hybridized carbons (Fsp3) is 0. The second-order valence-electron chi connectivity index (χ2n) is 3.26. The van der Waals surface area contributed by atoms with Gasteiger partial charge in [0.1, 0.15) is 17.4 Å². The minimum atomic E-state index is -0.588. The van der Waals surface area contributed by atoms with Crippen LogP contribution in [-0.4, -0.2) is 5.11 Å². The highest BCUT2D eigenvalue weighted by atomic mass is 79.9. The van der Waals surface area contributed by atoms with E-state index >= 15 is 0 Å². The Kier molecular flexibility index (Phi) is 2.92. The summed E-state index contributed by atoms with van der Waals surface area (Å²) in [6, 6.07) is 8.31.